The van der Waals surface area contributed by atoms with E-state index in [1.54, 1.807) is 30.3 Å². The van der Waals surface area contributed by atoms with Gasteiger partial charge in [-0.2, -0.15) is 0 Å². The molecule has 2 atom stereocenters. The highest BCUT2D eigenvalue weighted by Crippen LogP contribution is 2.17. The summed E-state index contributed by atoms with van der Waals surface area (Å²) in [5.41, 5.74) is 6.78. The van der Waals surface area contributed by atoms with Crippen LogP contribution >= 0.6 is 0 Å². The number of hydrogen-bond donors (Lipinski definition) is 3. The van der Waals surface area contributed by atoms with Crippen LogP contribution < -0.4 is 11.1 Å². The number of fused-ring (bicyclic) bond motifs is 1. The molecule has 0 heterocycles. The van der Waals surface area contributed by atoms with Crippen LogP contribution in [0.15, 0.2) is 72.8 Å². The Hall–Kier alpha value is -3.18. The van der Waals surface area contributed by atoms with Gasteiger partial charge in [-0.3, -0.25) is 9.59 Å². The topological polar surface area (TPSA) is 92.4 Å². The predicted octanol–water partition coefficient (Wildman–Crippen LogP) is 2.09. The van der Waals surface area contributed by atoms with Crippen molar-refractivity contribution in [2.75, 3.05) is 0 Å². The van der Waals surface area contributed by atoms with Crippen LogP contribution in [0.25, 0.3) is 10.8 Å². The summed E-state index contributed by atoms with van der Waals surface area (Å²) in [4.78, 5) is 24.1. The SMILES string of the molecule is NC(=O)[C@@H](Cc1ccc2ccccc2c1)NC(=O)[C@@H](O)c1ccccc1. The molecule has 0 unspecified atom stereocenters. The summed E-state index contributed by atoms with van der Waals surface area (Å²) < 4.78 is 0. The monoisotopic (exact) mass is 348 g/mol. The molecule has 132 valence electrons. The number of aliphatic hydroxyl groups excluding tert-OH is 1. The Morgan fingerprint density at radius 3 is 2.27 bits per heavy atom. The predicted molar refractivity (Wildman–Crippen MR) is 100 cm³/mol. The third kappa shape index (κ3) is 4.07. The average molecular weight is 348 g/mol. The zero-order valence-electron chi connectivity index (χ0n) is 14.1. The molecule has 0 aliphatic rings. The molecule has 2 amide bonds. The second-order valence-electron chi connectivity index (χ2n) is 6.16. The van der Waals surface area contributed by atoms with E-state index in [0.29, 0.717) is 5.56 Å². The van der Waals surface area contributed by atoms with Gasteiger partial charge in [-0.25, -0.2) is 0 Å². The number of nitrogens with two attached hydrogens (primary N) is 1. The van der Waals surface area contributed by atoms with Crippen LogP contribution in [0.4, 0.5) is 0 Å². The molecule has 0 bridgehead atoms. The van der Waals surface area contributed by atoms with Gasteiger partial charge in [-0.1, -0.05) is 72.8 Å². The van der Waals surface area contributed by atoms with Gasteiger partial charge in [0.1, 0.15) is 6.04 Å². The van der Waals surface area contributed by atoms with Crippen molar-refractivity contribution in [3.8, 4) is 0 Å². The highest BCUT2D eigenvalue weighted by atomic mass is 16.3. The molecule has 5 nitrogen and oxygen atoms in total. The van der Waals surface area contributed by atoms with Gasteiger partial charge in [0, 0.05) is 6.42 Å². The lowest BCUT2D eigenvalue weighted by molar-refractivity contribution is -0.133. The smallest absolute Gasteiger partial charge is 0.254 e. The summed E-state index contributed by atoms with van der Waals surface area (Å²) in [7, 11) is 0. The summed E-state index contributed by atoms with van der Waals surface area (Å²) in [5.74, 6) is -1.30. The highest BCUT2D eigenvalue weighted by molar-refractivity contribution is 5.89. The minimum absolute atomic E-state index is 0.257. The van der Waals surface area contributed by atoms with Crippen molar-refractivity contribution in [3.05, 3.63) is 83.9 Å². The molecule has 0 fully saturated rings. The zero-order valence-corrected chi connectivity index (χ0v) is 14.1. The first-order valence-electron chi connectivity index (χ1n) is 8.35. The summed E-state index contributed by atoms with van der Waals surface area (Å²) in [5, 5.41) is 14.8. The normalized spacial score (nSPS) is 13.1. The number of benzene rings is 3. The average Bonchev–Trinajstić information content (AvgIpc) is 2.67. The van der Waals surface area contributed by atoms with Crippen LogP contribution in [0.5, 0.6) is 0 Å². The van der Waals surface area contributed by atoms with Gasteiger partial charge >= 0.3 is 0 Å². The standard InChI is InChI=1S/C21H20N2O3/c22-20(25)18(23-21(26)19(24)16-7-2-1-3-8-16)13-14-10-11-15-6-4-5-9-17(15)12-14/h1-12,18-19,24H,13H2,(H2,22,25)(H,23,26)/t18-,19+/m1/s1. The van der Waals surface area contributed by atoms with E-state index < -0.39 is 24.0 Å². The molecule has 0 aromatic heterocycles. The van der Waals surface area contributed by atoms with E-state index >= 15 is 0 Å². The molecule has 0 saturated carbocycles. The number of primary amides is 1. The highest BCUT2D eigenvalue weighted by Gasteiger charge is 2.24. The van der Waals surface area contributed by atoms with Crippen LogP contribution in [-0.4, -0.2) is 23.0 Å². The van der Waals surface area contributed by atoms with Gasteiger partial charge in [0.05, 0.1) is 0 Å². The minimum Gasteiger partial charge on any atom is -0.378 e. The molecule has 0 aliphatic heterocycles. The number of aliphatic hydroxyl groups is 1. The second kappa shape index (κ2) is 7.80. The number of nitrogens with one attached hydrogen (secondary N) is 1. The molecule has 26 heavy (non-hydrogen) atoms. The maximum atomic E-state index is 12.3. The van der Waals surface area contributed by atoms with Crippen molar-refractivity contribution in [1.82, 2.24) is 5.32 Å². The Balaban J connectivity index is 1.74. The van der Waals surface area contributed by atoms with Crippen LogP contribution in [0.1, 0.15) is 17.2 Å². The second-order valence-corrected chi connectivity index (χ2v) is 6.16. The van der Waals surface area contributed by atoms with Crippen LogP contribution in [0.3, 0.4) is 0 Å². The Bertz CT molecular complexity index is 925. The van der Waals surface area contributed by atoms with Crippen molar-refractivity contribution in [2.24, 2.45) is 5.73 Å². The first-order chi connectivity index (χ1) is 12.5. The molecule has 4 N–H and O–H groups in total. The van der Waals surface area contributed by atoms with E-state index in [-0.39, 0.29) is 6.42 Å². The maximum Gasteiger partial charge on any atom is 0.254 e. The van der Waals surface area contributed by atoms with E-state index in [9.17, 15) is 14.7 Å². The van der Waals surface area contributed by atoms with E-state index in [0.717, 1.165) is 16.3 Å². The zero-order chi connectivity index (χ0) is 18.5. The number of carbonyl (C=O) groups excluding carboxylic acids is 2. The molecule has 0 spiro atoms. The Morgan fingerprint density at radius 2 is 1.58 bits per heavy atom. The first kappa shape index (κ1) is 17.6. The van der Waals surface area contributed by atoms with Gasteiger partial charge in [0.25, 0.3) is 5.91 Å². The molecule has 3 aromatic rings. The Labute approximate surface area is 151 Å². The summed E-state index contributed by atoms with van der Waals surface area (Å²) >= 11 is 0. The maximum absolute atomic E-state index is 12.3. The quantitative estimate of drug-likeness (QED) is 0.637. The fraction of sp³-hybridized carbons (Fsp3) is 0.143. The lowest BCUT2D eigenvalue weighted by Crippen LogP contribution is -2.47. The fourth-order valence-corrected chi connectivity index (χ4v) is 2.86. The Kier molecular flexibility index (Phi) is 5.29. The lowest BCUT2D eigenvalue weighted by atomic mass is 10.0. The third-order valence-corrected chi connectivity index (χ3v) is 4.28. The molecule has 0 radical (unpaired) electrons. The van der Waals surface area contributed by atoms with Crippen LogP contribution in [-0.2, 0) is 16.0 Å². The van der Waals surface area contributed by atoms with E-state index in [1.165, 1.54) is 0 Å². The summed E-state index contributed by atoms with van der Waals surface area (Å²) in [6, 6.07) is 21.3. The van der Waals surface area contributed by atoms with E-state index in [2.05, 4.69) is 5.32 Å². The third-order valence-electron chi connectivity index (χ3n) is 4.28. The van der Waals surface area contributed by atoms with E-state index in [4.69, 9.17) is 5.73 Å². The Morgan fingerprint density at radius 1 is 0.923 bits per heavy atom. The molecule has 5 heteroatoms. The molecular formula is C21H20N2O3. The fourth-order valence-electron chi connectivity index (χ4n) is 2.86. The van der Waals surface area contributed by atoms with Gasteiger partial charge in [-0.15, -0.1) is 0 Å². The first-order valence-corrected chi connectivity index (χ1v) is 8.35. The van der Waals surface area contributed by atoms with Crippen molar-refractivity contribution >= 4 is 22.6 Å². The lowest BCUT2D eigenvalue weighted by Gasteiger charge is -2.18. The van der Waals surface area contributed by atoms with Crippen molar-refractivity contribution in [3.63, 3.8) is 0 Å². The van der Waals surface area contributed by atoms with Gasteiger partial charge in [0.2, 0.25) is 5.91 Å². The van der Waals surface area contributed by atoms with Gasteiger partial charge in [-0.05, 0) is 21.9 Å². The number of rotatable bonds is 6. The molecule has 0 saturated heterocycles. The number of amides is 2. The number of carbonyl (C=O) groups is 2. The number of hydrogen-bond acceptors (Lipinski definition) is 3. The minimum atomic E-state index is -1.35. The van der Waals surface area contributed by atoms with Crippen molar-refractivity contribution < 1.29 is 14.7 Å². The van der Waals surface area contributed by atoms with E-state index in [1.807, 2.05) is 42.5 Å². The molecule has 3 aromatic carbocycles. The summed E-state index contributed by atoms with van der Waals surface area (Å²) in [6.07, 6.45) is -1.09. The largest absolute Gasteiger partial charge is 0.378 e. The van der Waals surface area contributed by atoms with Crippen LogP contribution in [0.2, 0.25) is 0 Å². The molecule has 0 aliphatic carbocycles. The summed E-state index contributed by atoms with van der Waals surface area (Å²) in [6.45, 7) is 0. The van der Waals surface area contributed by atoms with Gasteiger partial charge in [0.15, 0.2) is 6.10 Å². The van der Waals surface area contributed by atoms with Crippen LogP contribution in [0, 0.1) is 0 Å². The molecular weight excluding hydrogens is 328 g/mol. The van der Waals surface area contributed by atoms with Gasteiger partial charge < -0.3 is 16.2 Å². The van der Waals surface area contributed by atoms with Crippen molar-refractivity contribution in [2.45, 2.75) is 18.6 Å². The van der Waals surface area contributed by atoms with Crippen molar-refractivity contribution in [1.29, 1.82) is 0 Å². The molecule has 3 rings (SSSR count).